The van der Waals surface area contributed by atoms with Crippen LogP contribution in [0.25, 0.3) is 0 Å². The number of alkyl halides is 2. The minimum Gasteiger partial charge on any atom is -0.325 e. The van der Waals surface area contributed by atoms with Crippen molar-refractivity contribution in [2.75, 3.05) is 19.8 Å². The number of halogens is 2. The summed E-state index contributed by atoms with van der Waals surface area (Å²) in [7, 11) is 0. The highest BCUT2D eigenvalue weighted by atomic mass is 19.1. The van der Waals surface area contributed by atoms with E-state index in [0.29, 0.717) is 13.0 Å². The molecular formula is C15H24F2N2. The van der Waals surface area contributed by atoms with E-state index in [2.05, 4.69) is 17.1 Å². The van der Waals surface area contributed by atoms with Crippen LogP contribution in [0.5, 0.6) is 0 Å². The Labute approximate surface area is 114 Å². The smallest absolute Gasteiger partial charge is 0.122 e. The van der Waals surface area contributed by atoms with Crippen molar-refractivity contribution < 1.29 is 8.78 Å². The first-order chi connectivity index (χ1) is 8.93. The van der Waals surface area contributed by atoms with Gasteiger partial charge in [0.2, 0.25) is 0 Å². The molecule has 0 amide bonds. The van der Waals surface area contributed by atoms with Crippen LogP contribution in [-0.4, -0.2) is 42.4 Å². The summed E-state index contributed by atoms with van der Waals surface area (Å²) in [5.74, 6) is 0.0345. The lowest BCUT2D eigenvalue weighted by Gasteiger charge is -2.29. The zero-order valence-electron chi connectivity index (χ0n) is 11.8. The third kappa shape index (κ3) is 3.42. The van der Waals surface area contributed by atoms with E-state index in [0.717, 1.165) is 18.5 Å². The van der Waals surface area contributed by atoms with Gasteiger partial charge in [-0.25, -0.2) is 8.78 Å². The number of allylic oxidation sites excluding steroid dienone is 1. The summed E-state index contributed by atoms with van der Waals surface area (Å²) in [4.78, 5) is 2.18. The lowest BCUT2D eigenvalue weighted by Crippen LogP contribution is -2.36. The van der Waals surface area contributed by atoms with Crippen molar-refractivity contribution in [2.45, 2.75) is 44.4 Å². The summed E-state index contributed by atoms with van der Waals surface area (Å²) in [6.07, 6.45) is 7.74. The van der Waals surface area contributed by atoms with Crippen LogP contribution in [0, 0.1) is 5.92 Å². The van der Waals surface area contributed by atoms with Gasteiger partial charge >= 0.3 is 0 Å². The summed E-state index contributed by atoms with van der Waals surface area (Å²) in [6.45, 7) is 4.44. The van der Waals surface area contributed by atoms with Gasteiger partial charge in [-0.1, -0.05) is 25.2 Å². The van der Waals surface area contributed by atoms with Gasteiger partial charge in [0.05, 0.1) is 0 Å². The standard InChI is InChI=1S/C15H24F2N2/c1-11(14(18)9-16)12-3-5-13(6-4-12)19-8-7-15(2,17)10-19/h3-5,11,13-14H,6-10,18H2,1-2H3. The van der Waals surface area contributed by atoms with Crippen LogP contribution in [-0.2, 0) is 0 Å². The second kappa shape index (κ2) is 5.71. The van der Waals surface area contributed by atoms with Crippen LogP contribution in [0.15, 0.2) is 23.8 Å². The summed E-state index contributed by atoms with van der Waals surface area (Å²) in [6, 6.07) is -0.163. The molecular weight excluding hydrogens is 246 g/mol. The third-order valence-electron chi connectivity index (χ3n) is 4.37. The van der Waals surface area contributed by atoms with Gasteiger partial charge in [0, 0.05) is 25.2 Å². The average Bonchev–Trinajstić information content (AvgIpc) is 2.77. The maximum atomic E-state index is 13.8. The Hall–Kier alpha value is -0.740. The number of nitrogens with two attached hydrogens (primary N) is 1. The highest BCUT2D eigenvalue weighted by molar-refractivity contribution is 5.28. The van der Waals surface area contributed by atoms with Crippen molar-refractivity contribution in [1.29, 1.82) is 0 Å². The fourth-order valence-corrected chi connectivity index (χ4v) is 2.86. The lowest BCUT2D eigenvalue weighted by atomic mass is 9.89. The molecule has 0 aromatic carbocycles. The predicted octanol–water partition coefficient (Wildman–Crippen LogP) is 2.61. The van der Waals surface area contributed by atoms with E-state index < -0.39 is 18.4 Å². The Bertz CT molecular complexity index is 376. The second-order valence-corrected chi connectivity index (χ2v) is 6.11. The average molecular weight is 270 g/mol. The Morgan fingerprint density at radius 2 is 2.32 bits per heavy atom. The SMILES string of the molecule is CC(C1=CCC(N2CCC(C)(F)C2)C=C1)C(N)CF. The molecule has 1 aliphatic carbocycles. The fourth-order valence-electron chi connectivity index (χ4n) is 2.86. The molecule has 2 rings (SSSR count). The zero-order chi connectivity index (χ0) is 14.0. The van der Waals surface area contributed by atoms with E-state index in [1.165, 1.54) is 0 Å². The summed E-state index contributed by atoms with van der Waals surface area (Å²) < 4.78 is 26.4. The summed E-state index contributed by atoms with van der Waals surface area (Å²) in [5, 5.41) is 0. The van der Waals surface area contributed by atoms with E-state index in [1.807, 2.05) is 13.0 Å². The van der Waals surface area contributed by atoms with Crippen molar-refractivity contribution in [3.8, 4) is 0 Å². The van der Waals surface area contributed by atoms with Crippen LogP contribution in [0.4, 0.5) is 8.78 Å². The van der Waals surface area contributed by atoms with Gasteiger partial charge in [0.1, 0.15) is 12.3 Å². The highest BCUT2D eigenvalue weighted by Gasteiger charge is 2.36. The molecule has 4 atom stereocenters. The lowest BCUT2D eigenvalue weighted by molar-refractivity contribution is 0.176. The molecule has 2 aliphatic rings. The van der Waals surface area contributed by atoms with Crippen molar-refractivity contribution in [2.24, 2.45) is 11.7 Å². The van der Waals surface area contributed by atoms with Gasteiger partial charge in [-0.2, -0.15) is 0 Å². The highest BCUT2D eigenvalue weighted by Crippen LogP contribution is 2.30. The molecule has 4 unspecified atom stereocenters. The van der Waals surface area contributed by atoms with Gasteiger partial charge in [-0.3, -0.25) is 4.90 Å². The number of rotatable bonds is 4. The Morgan fingerprint density at radius 3 is 2.79 bits per heavy atom. The minimum absolute atomic E-state index is 0.0345. The molecule has 0 bridgehead atoms. The summed E-state index contributed by atoms with van der Waals surface area (Å²) in [5.41, 5.74) is 5.78. The first-order valence-corrected chi connectivity index (χ1v) is 7.06. The Morgan fingerprint density at radius 1 is 1.58 bits per heavy atom. The molecule has 1 fully saturated rings. The van der Waals surface area contributed by atoms with Crippen LogP contribution < -0.4 is 5.73 Å². The van der Waals surface area contributed by atoms with Crippen molar-refractivity contribution in [3.05, 3.63) is 23.8 Å². The third-order valence-corrected chi connectivity index (χ3v) is 4.37. The molecule has 19 heavy (non-hydrogen) atoms. The van der Waals surface area contributed by atoms with Crippen molar-refractivity contribution >= 4 is 0 Å². The van der Waals surface area contributed by atoms with Gasteiger partial charge in [0.15, 0.2) is 0 Å². The van der Waals surface area contributed by atoms with Gasteiger partial charge in [0.25, 0.3) is 0 Å². The quantitative estimate of drug-likeness (QED) is 0.851. The van der Waals surface area contributed by atoms with E-state index in [-0.39, 0.29) is 12.0 Å². The van der Waals surface area contributed by atoms with Crippen LogP contribution in [0.1, 0.15) is 26.7 Å². The van der Waals surface area contributed by atoms with Gasteiger partial charge < -0.3 is 5.73 Å². The maximum absolute atomic E-state index is 13.8. The molecule has 2 N–H and O–H groups in total. The molecule has 1 heterocycles. The summed E-state index contributed by atoms with van der Waals surface area (Å²) >= 11 is 0. The van der Waals surface area contributed by atoms with Crippen LogP contribution in [0.2, 0.25) is 0 Å². The molecule has 1 aliphatic heterocycles. The predicted molar refractivity (Wildman–Crippen MR) is 74.4 cm³/mol. The number of hydrogen-bond acceptors (Lipinski definition) is 2. The van der Waals surface area contributed by atoms with Crippen LogP contribution >= 0.6 is 0 Å². The first kappa shape index (κ1) is 14.7. The normalized spacial score (nSPS) is 35.2. The molecule has 2 nitrogen and oxygen atoms in total. The Kier molecular flexibility index (Phi) is 4.41. The molecule has 4 heteroatoms. The largest absolute Gasteiger partial charge is 0.325 e. The topological polar surface area (TPSA) is 29.3 Å². The molecule has 0 aromatic heterocycles. The van der Waals surface area contributed by atoms with Gasteiger partial charge in [-0.05, 0) is 31.3 Å². The van der Waals surface area contributed by atoms with E-state index in [4.69, 9.17) is 5.73 Å². The number of hydrogen-bond donors (Lipinski definition) is 1. The number of nitrogens with zero attached hydrogens (tertiary/aromatic N) is 1. The maximum Gasteiger partial charge on any atom is 0.122 e. The molecule has 0 spiro atoms. The van der Waals surface area contributed by atoms with E-state index >= 15 is 0 Å². The monoisotopic (exact) mass is 270 g/mol. The molecule has 0 radical (unpaired) electrons. The number of likely N-dealkylation sites (tertiary alicyclic amines) is 1. The van der Waals surface area contributed by atoms with Crippen molar-refractivity contribution in [1.82, 2.24) is 4.90 Å². The van der Waals surface area contributed by atoms with Gasteiger partial charge in [-0.15, -0.1) is 0 Å². The minimum atomic E-state index is -1.05. The molecule has 108 valence electrons. The van der Waals surface area contributed by atoms with Crippen molar-refractivity contribution in [3.63, 3.8) is 0 Å². The molecule has 0 saturated carbocycles. The van der Waals surface area contributed by atoms with E-state index in [9.17, 15) is 8.78 Å². The fraction of sp³-hybridized carbons (Fsp3) is 0.733. The first-order valence-electron chi connectivity index (χ1n) is 7.06. The second-order valence-electron chi connectivity index (χ2n) is 6.11. The molecule has 0 aromatic rings. The van der Waals surface area contributed by atoms with Crippen LogP contribution in [0.3, 0.4) is 0 Å². The zero-order valence-corrected chi connectivity index (χ0v) is 11.8. The van der Waals surface area contributed by atoms with E-state index in [1.54, 1.807) is 6.92 Å². The molecule has 1 saturated heterocycles. The Balaban J connectivity index is 1.92.